The SMILES string of the molecule is COC1(CNC(=O)[C@H](N)CCSC)CCOC1. The molecule has 0 aromatic rings. The Kier molecular flexibility index (Phi) is 6.26. The summed E-state index contributed by atoms with van der Waals surface area (Å²) in [5.74, 6) is 0.787. The van der Waals surface area contributed by atoms with Crippen LogP contribution >= 0.6 is 11.8 Å². The van der Waals surface area contributed by atoms with Gasteiger partial charge in [-0.3, -0.25) is 4.79 Å². The second-order valence-corrected chi connectivity index (χ2v) is 5.28. The first-order valence-corrected chi connectivity index (χ1v) is 7.18. The third-order valence-electron chi connectivity index (χ3n) is 3.05. The highest BCUT2D eigenvalue weighted by atomic mass is 32.2. The lowest BCUT2D eigenvalue weighted by Crippen LogP contribution is -2.49. The normalized spacial score (nSPS) is 25.8. The van der Waals surface area contributed by atoms with Crippen molar-refractivity contribution in [3.05, 3.63) is 0 Å². The lowest BCUT2D eigenvalue weighted by atomic mass is 10.0. The summed E-state index contributed by atoms with van der Waals surface area (Å²) in [6.45, 7) is 1.68. The lowest BCUT2D eigenvalue weighted by Gasteiger charge is -2.26. The highest BCUT2D eigenvalue weighted by Gasteiger charge is 2.35. The number of thioether (sulfide) groups is 1. The van der Waals surface area contributed by atoms with E-state index in [0.29, 0.717) is 26.2 Å². The van der Waals surface area contributed by atoms with Gasteiger partial charge < -0.3 is 20.5 Å². The largest absolute Gasteiger partial charge is 0.378 e. The zero-order valence-electron chi connectivity index (χ0n) is 10.5. The van der Waals surface area contributed by atoms with Gasteiger partial charge in [-0.1, -0.05) is 0 Å². The van der Waals surface area contributed by atoms with Crippen molar-refractivity contribution in [2.24, 2.45) is 5.73 Å². The van der Waals surface area contributed by atoms with Gasteiger partial charge in [0.1, 0.15) is 5.60 Å². The maximum absolute atomic E-state index is 11.7. The van der Waals surface area contributed by atoms with E-state index in [1.807, 2.05) is 6.26 Å². The molecule has 1 amide bonds. The summed E-state index contributed by atoms with van der Waals surface area (Å²) in [5.41, 5.74) is 5.41. The summed E-state index contributed by atoms with van der Waals surface area (Å²) in [6.07, 6.45) is 3.51. The topological polar surface area (TPSA) is 73.6 Å². The van der Waals surface area contributed by atoms with Crippen molar-refractivity contribution < 1.29 is 14.3 Å². The molecule has 0 aromatic heterocycles. The molecule has 1 fully saturated rings. The van der Waals surface area contributed by atoms with Crippen LogP contribution in [0.3, 0.4) is 0 Å². The number of nitrogens with one attached hydrogen (secondary N) is 1. The van der Waals surface area contributed by atoms with Gasteiger partial charge in [-0.2, -0.15) is 11.8 Å². The van der Waals surface area contributed by atoms with Gasteiger partial charge in [-0.05, 0) is 18.4 Å². The zero-order valence-corrected chi connectivity index (χ0v) is 11.3. The Morgan fingerprint density at radius 3 is 3.00 bits per heavy atom. The average Bonchev–Trinajstić information content (AvgIpc) is 2.82. The minimum Gasteiger partial charge on any atom is -0.378 e. The van der Waals surface area contributed by atoms with E-state index in [1.54, 1.807) is 18.9 Å². The van der Waals surface area contributed by atoms with Crippen LogP contribution in [0.2, 0.25) is 0 Å². The first-order valence-electron chi connectivity index (χ1n) is 5.79. The average molecular weight is 262 g/mol. The molecule has 100 valence electrons. The molecule has 0 saturated carbocycles. The second kappa shape index (κ2) is 7.20. The number of ether oxygens (including phenoxy) is 2. The van der Waals surface area contributed by atoms with Crippen LogP contribution in [0.1, 0.15) is 12.8 Å². The Labute approximate surface area is 107 Å². The Balaban J connectivity index is 2.31. The van der Waals surface area contributed by atoms with E-state index in [9.17, 15) is 4.79 Å². The van der Waals surface area contributed by atoms with Crippen molar-refractivity contribution in [1.82, 2.24) is 5.32 Å². The molecule has 0 spiro atoms. The Bertz CT molecular complexity index is 245. The van der Waals surface area contributed by atoms with Gasteiger partial charge in [0.2, 0.25) is 5.91 Å². The van der Waals surface area contributed by atoms with Crippen LogP contribution in [0.25, 0.3) is 0 Å². The fourth-order valence-electron chi connectivity index (χ4n) is 1.72. The van der Waals surface area contributed by atoms with E-state index < -0.39 is 6.04 Å². The quantitative estimate of drug-likeness (QED) is 0.675. The van der Waals surface area contributed by atoms with Crippen molar-refractivity contribution in [2.75, 3.05) is 38.9 Å². The summed E-state index contributed by atoms with van der Waals surface area (Å²) in [6, 6.07) is -0.432. The number of rotatable bonds is 7. The fraction of sp³-hybridized carbons (Fsp3) is 0.909. The molecular formula is C11H22N2O3S. The standard InChI is InChI=1S/C11H22N2O3S/c1-15-11(4-5-16-8-11)7-13-10(14)9(12)3-6-17-2/h9H,3-8,12H2,1-2H3,(H,13,14)/t9-,11?/m1/s1. The highest BCUT2D eigenvalue weighted by molar-refractivity contribution is 7.98. The van der Waals surface area contributed by atoms with Crippen molar-refractivity contribution in [1.29, 1.82) is 0 Å². The van der Waals surface area contributed by atoms with Crippen LogP contribution in [-0.4, -0.2) is 56.4 Å². The molecule has 1 rings (SSSR count). The molecule has 1 aliphatic heterocycles. The molecule has 1 heterocycles. The number of hydrogen-bond donors (Lipinski definition) is 2. The number of carbonyl (C=O) groups is 1. The molecule has 0 bridgehead atoms. The van der Waals surface area contributed by atoms with Crippen LogP contribution in [0.5, 0.6) is 0 Å². The van der Waals surface area contributed by atoms with E-state index in [-0.39, 0.29) is 11.5 Å². The number of carbonyl (C=O) groups excluding carboxylic acids is 1. The molecule has 0 aliphatic carbocycles. The van der Waals surface area contributed by atoms with Gasteiger partial charge in [-0.25, -0.2) is 0 Å². The number of hydrogen-bond acceptors (Lipinski definition) is 5. The number of methoxy groups -OCH3 is 1. The number of amides is 1. The molecule has 17 heavy (non-hydrogen) atoms. The van der Waals surface area contributed by atoms with Crippen molar-refractivity contribution in [3.8, 4) is 0 Å². The first-order chi connectivity index (χ1) is 8.13. The minimum atomic E-state index is -0.432. The van der Waals surface area contributed by atoms with Crippen molar-refractivity contribution >= 4 is 17.7 Å². The molecule has 5 nitrogen and oxygen atoms in total. The van der Waals surface area contributed by atoms with Crippen molar-refractivity contribution in [3.63, 3.8) is 0 Å². The minimum absolute atomic E-state index is 0.109. The summed E-state index contributed by atoms with van der Waals surface area (Å²) < 4.78 is 10.7. The monoisotopic (exact) mass is 262 g/mol. The molecule has 0 radical (unpaired) electrons. The van der Waals surface area contributed by atoms with Gasteiger partial charge in [-0.15, -0.1) is 0 Å². The van der Waals surface area contributed by atoms with Gasteiger partial charge in [0.15, 0.2) is 0 Å². The predicted octanol–water partition coefficient (Wildman–Crippen LogP) is -0.0115. The van der Waals surface area contributed by atoms with Crippen molar-refractivity contribution in [2.45, 2.75) is 24.5 Å². The van der Waals surface area contributed by atoms with E-state index >= 15 is 0 Å². The van der Waals surface area contributed by atoms with E-state index in [0.717, 1.165) is 12.2 Å². The molecular weight excluding hydrogens is 240 g/mol. The van der Waals surface area contributed by atoms with Crippen LogP contribution in [0.4, 0.5) is 0 Å². The van der Waals surface area contributed by atoms with Gasteiger partial charge in [0.25, 0.3) is 0 Å². The second-order valence-electron chi connectivity index (χ2n) is 4.30. The Hall–Kier alpha value is -0.300. The van der Waals surface area contributed by atoms with E-state index in [1.165, 1.54) is 0 Å². The smallest absolute Gasteiger partial charge is 0.237 e. The molecule has 2 atom stereocenters. The molecule has 6 heteroatoms. The Morgan fingerprint density at radius 2 is 2.47 bits per heavy atom. The van der Waals surface area contributed by atoms with Gasteiger partial charge >= 0.3 is 0 Å². The third kappa shape index (κ3) is 4.46. The third-order valence-corrected chi connectivity index (χ3v) is 3.70. The molecule has 1 saturated heterocycles. The molecule has 0 aromatic carbocycles. The van der Waals surface area contributed by atoms with Gasteiger partial charge in [0, 0.05) is 26.7 Å². The van der Waals surface area contributed by atoms with Gasteiger partial charge in [0.05, 0.1) is 12.6 Å². The predicted molar refractivity (Wildman–Crippen MR) is 69.2 cm³/mol. The Morgan fingerprint density at radius 1 is 1.71 bits per heavy atom. The molecule has 3 N–H and O–H groups in total. The summed E-state index contributed by atoms with van der Waals surface area (Å²) >= 11 is 1.69. The van der Waals surface area contributed by atoms with Crippen LogP contribution in [0, 0.1) is 0 Å². The van der Waals surface area contributed by atoms with Crippen LogP contribution in [-0.2, 0) is 14.3 Å². The van der Waals surface area contributed by atoms with E-state index in [4.69, 9.17) is 15.2 Å². The summed E-state index contributed by atoms with van der Waals surface area (Å²) in [4.78, 5) is 11.7. The fourth-order valence-corrected chi connectivity index (χ4v) is 2.21. The highest BCUT2D eigenvalue weighted by Crippen LogP contribution is 2.21. The van der Waals surface area contributed by atoms with Crippen LogP contribution < -0.4 is 11.1 Å². The molecule has 1 unspecified atom stereocenters. The summed E-state index contributed by atoms with van der Waals surface area (Å²) in [7, 11) is 1.65. The zero-order chi connectivity index (χ0) is 12.7. The number of nitrogens with two attached hydrogens (primary N) is 1. The molecule has 1 aliphatic rings. The summed E-state index contributed by atoms with van der Waals surface area (Å²) in [5, 5.41) is 2.85. The maximum Gasteiger partial charge on any atom is 0.237 e. The maximum atomic E-state index is 11.7. The lowest BCUT2D eigenvalue weighted by molar-refractivity contribution is -0.124. The van der Waals surface area contributed by atoms with Crippen LogP contribution in [0.15, 0.2) is 0 Å². The van der Waals surface area contributed by atoms with E-state index in [2.05, 4.69) is 5.32 Å². The first kappa shape index (κ1) is 14.8.